The minimum atomic E-state index is 0.288. The molecule has 1 aliphatic heterocycles. The Kier molecular flexibility index (Phi) is 3.71. The lowest BCUT2D eigenvalue weighted by Gasteiger charge is -2.30. The van der Waals surface area contributed by atoms with Crippen LogP contribution in [0.4, 0.5) is 0 Å². The number of hydrogen-bond acceptors (Lipinski definition) is 5. The Morgan fingerprint density at radius 2 is 2.60 bits per heavy atom. The third-order valence-corrected chi connectivity index (χ3v) is 2.51. The molecule has 5 nitrogen and oxygen atoms in total. The van der Waals surface area contributed by atoms with Crippen molar-refractivity contribution in [1.82, 2.24) is 15.4 Å². The van der Waals surface area contributed by atoms with Crippen LogP contribution < -0.4 is 5.32 Å². The molecule has 1 unspecified atom stereocenters. The fourth-order valence-corrected chi connectivity index (χ4v) is 1.68. The van der Waals surface area contributed by atoms with Gasteiger partial charge in [0.15, 0.2) is 0 Å². The second-order valence-corrected chi connectivity index (χ2v) is 3.88. The van der Waals surface area contributed by atoms with Crippen molar-refractivity contribution in [2.75, 3.05) is 33.3 Å². The van der Waals surface area contributed by atoms with Crippen LogP contribution in [-0.4, -0.2) is 49.4 Å². The molecular weight excluding hydrogens is 194 g/mol. The van der Waals surface area contributed by atoms with E-state index in [1.54, 1.807) is 6.26 Å². The first kappa shape index (κ1) is 10.6. The first-order chi connectivity index (χ1) is 7.34. The first-order valence-electron chi connectivity index (χ1n) is 5.25. The summed E-state index contributed by atoms with van der Waals surface area (Å²) in [6, 6.07) is 1.86. The van der Waals surface area contributed by atoms with Crippen LogP contribution in [0.25, 0.3) is 0 Å². The van der Waals surface area contributed by atoms with Crippen LogP contribution in [0.15, 0.2) is 16.9 Å². The maximum absolute atomic E-state index is 5.62. The highest BCUT2D eigenvalue weighted by Crippen LogP contribution is 2.02. The van der Waals surface area contributed by atoms with Crippen molar-refractivity contribution in [3.05, 3.63) is 18.0 Å². The zero-order valence-electron chi connectivity index (χ0n) is 8.98. The van der Waals surface area contributed by atoms with Gasteiger partial charge in [-0.1, -0.05) is 5.16 Å². The molecule has 5 heteroatoms. The Bertz CT molecular complexity index is 276. The Labute approximate surface area is 89.4 Å². The van der Waals surface area contributed by atoms with Gasteiger partial charge in [0.2, 0.25) is 0 Å². The Morgan fingerprint density at radius 3 is 3.33 bits per heavy atom. The SMILES string of the molecule is CN1CCOC(CNCc2ccon2)C1. The Hall–Kier alpha value is -0.910. The molecule has 0 radical (unpaired) electrons. The summed E-state index contributed by atoms with van der Waals surface area (Å²) >= 11 is 0. The highest BCUT2D eigenvalue weighted by atomic mass is 16.5. The summed E-state index contributed by atoms with van der Waals surface area (Å²) in [4.78, 5) is 2.28. The van der Waals surface area contributed by atoms with E-state index < -0.39 is 0 Å². The molecule has 1 aromatic heterocycles. The molecule has 0 aliphatic carbocycles. The van der Waals surface area contributed by atoms with Crippen LogP contribution >= 0.6 is 0 Å². The quantitative estimate of drug-likeness (QED) is 0.765. The van der Waals surface area contributed by atoms with Crippen molar-refractivity contribution in [2.24, 2.45) is 0 Å². The average molecular weight is 211 g/mol. The topological polar surface area (TPSA) is 50.5 Å². The maximum Gasteiger partial charge on any atom is 0.124 e. The average Bonchev–Trinajstić information content (AvgIpc) is 2.71. The smallest absolute Gasteiger partial charge is 0.124 e. The predicted octanol–water partition coefficient (Wildman–Crippen LogP) is 0.0948. The predicted molar refractivity (Wildman–Crippen MR) is 55.4 cm³/mol. The van der Waals surface area contributed by atoms with E-state index in [-0.39, 0.29) is 6.10 Å². The van der Waals surface area contributed by atoms with Gasteiger partial charge in [-0.2, -0.15) is 0 Å². The molecule has 84 valence electrons. The number of nitrogens with one attached hydrogen (secondary N) is 1. The Morgan fingerprint density at radius 1 is 1.67 bits per heavy atom. The molecule has 0 amide bonds. The zero-order chi connectivity index (χ0) is 10.5. The van der Waals surface area contributed by atoms with Gasteiger partial charge < -0.3 is 19.5 Å². The highest BCUT2D eigenvalue weighted by molar-refractivity contribution is 4.94. The van der Waals surface area contributed by atoms with Crippen molar-refractivity contribution >= 4 is 0 Å². The molecule has 1 aromatic rings. The fourth-order valence-electron chi connectivity index (χ4n) is 1.68. The number of rotatable bonds is 4. The second kappa shape index (κ2) is 5.25. The zero-order valence-corrected chi connectivity index (χ0v) is 8.98. The van der Waals surface area contributed by atoms with E-state index in [4.69, 9.17) is 9.26 Å². The normalized spacial score (nSPS) is 23.1. The molecule has 1 N–H and O–H groups in total. The van der Waals surface area contributed by atoms with Gasteiger partial charge in [-0.25, -0.2) is 0 Å². The fraction of sp³-hybridized carbons (Fsp3) is 0.700. The largest absolute Gasteiger partial charge is 0.374 e. The van der Waals surface area contributed by atoms with E-state index in [9.17, 15) is 0 Å². The lowest BCUT2D eigenvalue weighted by Crippen LogP contribution is -2.44. The second-order valence-electron chi connectivity index (χ2n) is 3.88. The minimum Gasteiger partial charge on any atom is -0.374 e. The summed E-state index contributed by atoms with van der Waals surface area (Å²) in [5.41, 5.74) is 0.930. The van der Waals surface area contributed by atoms with Crippen LogP contribution in [0, 0.1) is 0 Å². The highest BCUT2D eigenvalue weighted by Gasteiger charge is 2.16. The summed E-state index contributed by atoms with van der Waals surface area (Å²) in [6.07, 6.45) is 1.87. The third kappa shape index (κ3) is 3.30. The summed E-state index contributed by atoms with van der Waals surface area (Å²) in [7, 11) is 2.12. The van der Waals surface area contributed by atoms with Gasteiger partial charge in [0.25, 0.3) is 0 Å². The number of hydrogen-bond donors (Lipinski definition) is 1. The Balaban J connectivity index is 1.65. The first-order valence-corrected chi connectivity index (χ1v) is 5.25. The third-order valence-electron chi connectivity index (χ3n) is 2.51. The molecule has 2 rings (SSSR count). The molecule has 0 aromatic carbocycles. The van der Waals surface area contributed by atoms with Gasteiger partial charge in [-0.05, 0) is 7.05 Å². The maximum atomic E-state index is 5.62. The van der Waals surface area contributed by atoms with Gasteiger partial charge in [0.1, 0.15) is 6.26 Å². The number of likely N-dealkylation sites (N-methyl/N-ethyl adjacent to an activating group) is 1. The monoisotopic (exact) mass is 211 g/mol. The molecule has 0 spiro atoms. The van der Waals surface area contributed by atoms with E-state index in [1.165, 1.54) is 0 Å². The summed E-state index contributed by atoms with van der Waals surface area (Å²) in [5.74, 6) is 0. The van der Waals surface area contributed by atoms with E-state index in [1.807, 2.05) is 6.07 Å². The molecule has 1 fully saturated rings. The van der Waals surface area contributed by atoms with Gasteiger partial charge >= 0.3 is 0 Å². The van der Waals surface area contributed by atoms with Crippen LogP contribution in [0.2, 0.25) is 0 Å². The number of aromatic nitrogens is 1. The van der Waals surface area contributed by atoms with E-state index in [2.05, 4.69) is 22.4 Å². The molecular formula is C10H17N3O2. The van der Waals surface area contributed by atoms with Gasteiger partial charge in [-0.3, -0.25) is 0 Å². The van der Waals surface area contributed by atoms with E-state index in [0.717, 1.165) is 38.5 Å². The van der Waals surface area contributed by atoms with E-state index >= 15 is 0 Å². The summed E-state index contributed by atoms with van der Waals surface area (Å²) < 4.78 is 10.4. The molecule has 1 saturated heterocycles. The van der Waals surface area contributed by atoms with Gasteiger partial charge in [-0.15, -0.1) is 0 Å². The number of ether oxygens (including phenoxy) is 1. The van der Waals surface area contributed by atoms with Crippen LogP contribution in [-0.2, 0) is 11.3 Å². The molecule has 2 heterocycles. The molecule has 1 atom stereocenters. The van der Waals surface area contributed by atoms with Gasteiger partial charge in [0.05, 0.1) is 18.4 Å². The molecule has 15 heavy (non-hydrogen) atoms. The van der Waals surface area contributed by atoms with Crippen molar-refractivity contribution in [3.63, 3.8) is 0 Å². The van der Waals surface area contributed by atoms with Crippen LogP contribution in [0.3, 0.4) is 0 Å². The lowest BCUT2D eigenvalue weighted by molar-refractivity contribution is -0.0182. The molecule has 0 saturated carbocycles. The minimum absolute atomic E-state index is 0.288. The van der Waals surface area contributed by atoms with Crippen molar-refractivity contribution in [2.45, 2.75) is 12.6 Å². The van der Waals surface area contributed by atoms with Crippen molar-refractivity contribution in [1.29, 1.82) is 0 Å². The van der Waals surface area contributed by atoms with Crippen molar-refractivity contribution in [3.8, 4) is 0 Å². The molecule has 0 bridgehead atoms. The lowest BCUT2D eigenvalue weighted by atomic mass is 10.3. The number of morpholine rings is 1. The summed E-state index contributed by atoms with van der Waals surface area (Å²) in [5, 5.41) is 7.13. The van der Waals surface area contributed by atoms with Crippen LogP contribution in [0.1, 0.15) is 5.69 Å². The van der Waals surface area contributed by atoms with E-state index in [0.29, 0.717) is 0 Å². The van der Waals surface area contributed by atoms with Gasteiger partial charge in [0, 0.05) is 32.2 Å². The van der Waals surface area contributed by atoms with Crippen LogP contribution in [0.5, 0.6) is 0 Å². The van der Waals surface area contributed by atoms with Crippen molar-refractivity contribution < 1.29 is 9.26 Å². The summed E-state index contributed by atoms with van der Waals surface area (Å²) in [6.45, 7) is 4.44. The number of nitrogens with zero attached hydrogens (tertiary/aromatic N) is 2. The standard InChI is InChI=1S/C10H17N3O2/c1-13-3-5-14-10(8-13)7-11-6-9-2-4-15-12-9/h2,4,10-11H,3,5-8H2,1H3. The molecule has 1 aliphatic rings.